The fraction of sp³-hybridized carbons (Fsp3) is 0.462. The van der Waals surface area contributed by atoms with Gasteiger partial charge in [0.2, 0.25) is 0 Å². The molecule has 0 aromatic heterocycles. The number of hydrogen-bond donors (Lipinski definition) is 0. The molecule has 0 bridgehead atoms. The second-order valence-corrected chi connectivity index (χ2v) is 5.91. The van der Waals surface area contributed by atoms with Crippen LogP contribution in [-0.2, 0) is 4.74 Å². The van der Waals surface area contributed by atoms with Crippen LogP contribution in [-0.4, -0.2) is 29.7 Å². The van der Waals surface area contributed by atoms with E-state index in [1.807, 2.05) is 20.8 Å². The Hall–Kier alpha value is -1.03. The highest BCUT2D eigenvalue weighted by molar-refractivity contribution is 9.11. The first-order chi connectivity index (χ1) is 7.74. The number of hydrogen-bond acceptors (Lipinski definition) is 2. The molecule has 0 radical (unpaired) electrons. The van der Waals surface area contributed by atoms with Crippen molar-refractivity contribution in [1.82, 2.24) is 4.90 Å². The van der Waals surface area contributed by atoms with Crippen LogP contribution in [0.5, 0.6) is 0 Å². The molecule has 3 nitrogen and oxygen atoms in total. The standard InChI is InChI=1S/C13H18BrNO2/c1-6-10-7-15(8-11(10)9(2)14)12(16)17-13(3,4)5/h6H,1-2,7-8H2,3-5H3. The lowest BCUT2D eigenvalue weighted by atomic mass is 10.1. The third kappa shape index (κ3) is 3.73. The van der Waals surface area contributed by atoms with Crippen LogP contribution < -0.4 is 0 Å². The highest BCUT2D eigenvalue weighted by Gasteiger charge is 2.28. The van der Waals surface area contributed by atoms with Crippen molar-refractivity contribution < 1.29 is 9.53 Å². The molecular formula is C13H18BrNO2. The van der Waals surface area contributed by atoms with E-state index in [0.717, 1.165) is 15.6 Å². The van der Waals surface area contributed by atoms with Crippen LogP contribution in [0, 0.1) is 0 Å². The molecule has 0 aromatic carbocycles. The molecule has 1 aliphatic rings. The van der Waals surface area contributed by atoms with Crippen LogP contribution in [0.1, 0.15) is 20.8 Å². The van der Waals surface area contributed by atoms with E-state index >= 15 is 0 Å². The average Bonchev–Trinajstić information content (AvgIpc) is 2.58. The SMILES string of the molecule is C=CC1=C(C(=C)Br)CN(C(=O)OC(C)(C)C)C1. The van der Waals surface area contributed by atoms with E-state index in [4.69, 9.17) is 4.74 Å². The van der Waals surface area contributed by atoms with Crippen molar-refractivity contribution in [2.24, 2.45) is 0 Å². The number of halogens is 1. The molecule has 0 aliphatic carbocycles. The fourth-order valence-electron chi connectivity index (χ4n) is 1.55. The molecule has 1 aliphatic heterocycles. The van der Waals surface area contributed by atoms with Crippen molar-refractivity contribution in [3.8, 4) is 0 Å². The summed E-state index contributed by atoms with van der Waals surface area (Å²) in [4.78, 5) is 13.5. The summed E-state index contributed by atoms with van der Waals surface area (Å²) in [6, 6.07) is 0. The summed E-state index contributed by atoms with van der Waals surface area (Å²) in [7, 11) is 0. The van der Waals surface area contributed by atoms with Gasteiger partial charge in [0.05, 0.1) is 6.54 Å². The summed E-state index contributed by atoms with van der Waals surface area (Å²) in [6.45, 7) is 14.2. The molecule has 0 unspecified atom stereocenters. The minimum absolute atomic E-state index is 0.305. The van der Waals surface area contributed by atoms with Gasteiger partial charge in [0.15, 0.2) is 0 Å². The molecule has 0 N–H and O–H groups in total. The first-order valence-corrected chi connectivity index (χ1v) is 6.21. The molecule has 4 heteroatoms. The number of carbonyl (C=O) groups is 1. The van der Waals surface area contributed by atoms with Crippen LogP contribution in [0.15, 0.2) is 34.9 Å². The van der Waals surface area contributed by atoms with Crippen molar-refractivity contribution in [2.45, 2.75) is 26.4 Å². The van der Waals surface area contributed by atoms with Gasteiger partial charge in [-0.1, -0.05) is 35.2 Å². The Morgan fingerprint density at radius 1 is 1.47 bits per heavy atom. The highest BCUT2D eigenvalue weighted by atomic mass is 79.9. The summed E-state index contributed by atoms with van der Waals surface area (Å²) in [6.07, 6.45) is 1.45. The Kier molecular flexibility index (Phi) is 4.20. The summed E-state index contributed by atoms with van der Waals surface area (Å²) in [5, 5.41) is 0. The van der Waals surface area contributed by atoms with Gasteiger partial charge in [-0.3, -0.25) is 4.90 Å². The molecule has 0 atom stereocenters. The Bertz CT molecular complexity index is 391. The number of rotatable bonds is 2. The zero-order valence-electron chi connectivity index (χ0n) is 10.5. The normalized spacial score (nSPS) is 16.1. The first-order valence-electron chi connectivity index (χ1n) is 5.42. The third-order valence-corrected chi connectivity index (χ3v) is 2.80. The maximum absolute atomic E-state index is 11.9. The lowest BCUT2D eigenvalue weighted by molar-refractivity contribution is 0.0300. The van der Waals surface area contributed by atoms with E-state index in [-0.39, 0.29) is 6.09 Å². The largest absolute Gasteiger partial charge is 0.444 e. The van der Waals surface area contributed by atoms with Crippen LogP contribution >= 0.6 is 15.9 Å². The Morgan fingerprint density at radius 3 is 2.41 bits per heavy atom. The maximum atomic E-state index is 11.9. The number of carbonyl (C=O) groups excluding carboxylic acids is 1. The maximum Gasteiger partial charge on any atom is 0.410 e. The minimum Gasteiger partial charge on any atom is -0.444 e. The van der Waals surface area contributed by atoms with Crippen molar-refractivity contribution in [3.63, 3.8) is 0 Å². The molecule has 1 heterocycles. The lowest BCUT2D eigenvalue weighted by Gasteiger charge is -2.24. The van der Waals surface area contributed by atoms with Crippen LogP contribution in [0.4, 0.5) is 4.79 Å². The number of ether oxygens (including phenoxy) is 1. The van der Waals surface area contributed by atoms with Gasteiger partial charge >= 0.3 is 6.09 Å². The smallest absolute Gasteiger partial charge is 0.410 e. The van der Waals surface area contributed by atoms with Crippen molar-refractivity contribution >= 4 is 22.0 Å². The van der Waals surface area contributed by atoms with Crippen molar-refractivity contribution in [3.05, 3.63) is 34.9 Å². The Balaban J connectivity index is 2.73. The predicted molar refractivity (Wildman–Crippen MR) is 73.1 cm³/mol. The Labute approximate surface area is 111 Å². The highest BCUT2D eigenvalue weighted by Crippen LogP contribution is 2.28. The van der Waals surface area contributed by atoms with Gasteiger partial charge in [0.1, 0.15) is 5.60 Å². The van der Waals surface area contributed by atoms with Gasteiger partial charge in [-0.05, 0) is 31.9 Å². The topological polar surface area (TPSA) is 29.5 Å². The van der Waals surface area contributed by atoms with Gasteiger partial charge in [0, 0.05) is 11.0 Å². The van der Waals surface area contributed by atoms with E-state index in [1.54, 1.807) is 11.0 Å². The lowest BCUT2D eigenvalue weighted by Crippen LogP contribution is -2.35. The van der Waals surface area contributed by atoms with Crippen molar-refractivity contribution in [1.29, 1.82) is 0 Å². The number of amides is 1. The van der Waals surface area contributed by atoms with Gasteiger partial charge in [-0.15, -0.1) is 0 Å². The Morgan fingerprint density at radius 2 is 2.06 bits per heavy atom. The van der Waals surface area contributed by atoms with Crippen LogP contribution in [0.25, 0.3) is 0 Å². The van der Waals surface area contributed by atoms with Crippen LogP contribution in [0.2, 0.25) is 0 Å². The van der Waals surface area contributed by atoms with E-state index in [9.17, 15) is 4.79 Å². The second kappa shape index (κ2) is 5.08. The van der Waals surface area contributed by atoms with E-state index in [2.05, 4.69) is 29.1 Å². The van der Waals surface area contributed by atoms with Gasteiger partial charge in [-0.2, -0.15) is 0 Å². The molecule has 0 aromatic rings. The van der Waals surface area contributed by atoms with E-state index in [1.165, 1.54) is 0 Å². The zero-order valence-corrected chi connectivity index (χ0v) is 12.1. The third-order valence-electron chi connectivity index (χ3n) is 2.32. The van der Waals surface area contributed by atoms with E-state index in [0.29, 0.717) is 13.1 Å². The number of nitrogens with zero attached hydrogens (tertiary/aromatic N) is 1. The molecule has 1 rings (SSSR count). The molecule has 0 spiro atoms. The van der Waals surface area contributed by atoms with Crippen LogP contribution in [0.3, 0.4) is 0 Å². The molecule has 0 saturated heterocycles. The molecular weight excluding hydrogens is 282 g/mol. The summed E-state index contributed by atoms with van der Waals surface area (Å²) < 4.78 is 6.11. The van der Waals surface area contributed by atoms with Gasteiger partial charge in [-0.25, -0.2) is 4.79 Å². The average molecular weight is 300 g/mol. The molecule has 0 saturated carbocycles. The minimum atomic E-state index is -0.473. The summed E-state index contributed by atoms with van der Waals surface area (Å²) >= 11 is 3.34. The monoisotopic (exact) mass is 299 g/mol. The zero-order chi connectivity index (χ0) is 13.2. The summed E-state index contributed by atoms with van der Waals surface area (Å²) in [5.41, 5.74) is 1.54. The first kappa shape index (κ1) is 14.0. The fourth-order valence-corrected chi connectivity index (χ4v) is 1.93. The molecule has 0 fully saturated rings. The summed E-state index contributed by atoms with van der Waals surface area (Å²) in [5.74, 6) is 0. The second-order valence-electron chi connectivity index (χ2n) is 4.95. The van der Waals surface area contributed by atoms with Gasteiger partial charge in [0.25, 0.3) is 0 Å². The molecule has 1 amide bonds. The van der Waals surface area contributed by atoms with E-state index < -0.39 is 5.60 Å². The quantitative estimate of drug-likeness (QED) is 0.779. The molecule has 94 valence electrons. The van der Waals surface area contributed by atoms with Crippen molar-refractivity contribution in [2.75, 3.05) is 13.1 Å². The van der Waals surface area contributed by atoms with Gasteiger partial charge < -0.3 is 4.74 Å². The predicted octanol–water partition coefficient (Wildman–Crippen LogP) is 3.63. The molecule has 17 heavy (non-hydrogen) atoms.